The molecule has 6 aromatic carbocycles. The predicted molar refractivity (Wildman–Crippen MR) is 429 cm³/mol. The van der Waals surface area contributed by atoms with E-state index in [0.717, 1.165) is 77.7 Å². The van der Waals surface area contributed by atoms with Gasteiger partial charge in [0.15, 0.2) is 6.29 Å². The predicted octanol–water partition coefficient (Wildman–Crippen LogP) is 24.0. The third-order valence-electron chi connectivity index (χ3n) is 21.0. The molecule has 1 N–H and O–H groups in total. The second-order valence-electron chi connectivity index (χ2n) is 29.8. The molecule has 570 valence electrons. The second-order valence-corrected chi connectivity index (χ2v) is 29.8. The zero-order valence-corrected chi connectivity index (χ0v) is 64.5. The van der Waals surface area contributed by atoms with Crippen molar-refractivity contribution in [3.05, 3.63) is 216 Å². The third-order valence-corrected chi connectivity index (χ3v) is 21.0. The van der Waals surface area contributed by atoms with Crippen LogP contribution in [0.5, 0.6) is 0 Å². The van der Waals surface area contributed by atoms with Crippen LogP contribution in [0.4, 0.5) is 0 Å². The average molecular weight is 1420 g/mol. The molecule has 1 aliphatic rings. The highest BCUT2D eigenvalue weighted by atomic mass is 16.7. The summed E-state index contributed by atoms with van der Waals surface area (Å²) in [5, 5.41) is 13.5. The number of aromatic nitrogens is 3. The van der Waals surface area contributed by atoms with Crippen LogP contribution in [0.3, 0.4) is 0 Å². The topological polar surface area (TPSA) is 107 Å². The van der Waals surface area contributed by atoms with E-state index in [0.29, 0.717) is 39.6 Å². The highest BCUT2D eigenvalue weighted by molar-refractivity contribution is 5.57. The lowest BCUT2D eigenvalue weighted by atomic mass is 9.96. The normalized spacial score (nSPS) is 17.0. The van der Waals surface area contributed by atoms with E-state index in [-0.39, 0.29) is 18.8 Å². The van der Waals surface area contributed by atoms with Crippen LogP contribution in [0.1, 0.15) is 279 Å². The van der Waals surface area contributed by atoms with Crippen LogP contribution < -0.4 is 5.32 Å². The highest BCUT2D eigenvalue weighted by Crippen LogP contribution is 2.34. The van der Waals surface area contributed by atoms with Gasteiger partial charge in [0.05, 0.1) is 64.5 Å². The van der Waals surface area contributed by atoms with E-state index in [1.807, 2.05) is 59.4 Å². The fourth-order valence-electron chi connectivity index (χ4n) is 14.7. The first-order chi connectivity index (χ1) is 51.6. The van der Waals surface area contributed by atoms with Gasteiger partial charge in [-0.1, -0.05) is 426 Å². The lowest BCUT2D eigenvalue weighted by Crippen LogP contribution is -2.62. The lowest BCUT2D eigenvalue weighted by Gasteiger charge is -2.46. The molecule has 7 aromatic rings. The van der Waals surface area contributed by atoms with Gasteiger partial charge in [0.1, 0.15) is 36.2 Å². The Morgan fingerprint density at radius 2 is 0.712 bits per heavy atom. The molecule has 1 fully saturated rings. The van der Waals surface area contributed by atoms with Crippen LogP contribution in [0.2, 0.25) is 0 Å². The molecular weight excluding hydrogens is 1290 g/mol. The summed E-state index contributed by atoms with van der Waals surface area (Å²) in [6.07, 6.45) is 46.9. The summed E-state index contributed by atoms with van der Waals surface area (Å²) in [4.78, 5) is 0. The minimum absolute atomic E-state index is 0.244. The monoisotopic (exact) mass is 1420 g/mol. The Labute approximate surface area is 630 Å². The summed E-state index contributed by atoms with van der Waals surface area (Å²) in [5.41, 5.74) is 7.13. The van der Waals surface area contributed by atoms with Gasteiger partial charge in [-0.15, -0.1) is 5.10 Å². The zero-order valence-electron chi connectivity index (χ0n) is 64.5. The molecule has 0 amide bonds. The Morgan fingerprint density at radius 1 is 0.365 bits per heavy atom. The van der Waals surface area contributed by atoms with Crippen LogP contribution in [0.25, 0.3) is 11.3 Å². The minimum Gasteiger partial charge on any atom is -0.371 e. The Balaban J connectivity index is 0.994. The van der Waals surface area contributed by atoms with Crippen molar-refractivity contribution in [1.29, 1.82) is 0 Å². The molecule has 0 aliphatic carbocycles. The molecule has 0 bridgehead atoms. The van der Waals surface area contributed by atoms with Gasteiger partial charge in [0, 0.05) is 5.56 Å². The molecule has 1 aromatic heterocycles. The average Bonchev–Trinajstić information content (AvgIpc) is 1.06. The van der Waals surface area contributed by atoms with Crippen molar-refractivity contribution in [3.8, 4) is 11.3 Å². The summed E-state index contributed by atoms with van der Waals surface area (Å²) >= 11 is 0. The molecule has 0 radical (unpaired) electrons. The van der Waals surface area contributed by atoms with Crippen molar-refractivity contribution < 1.29 is 33.2 Å². The molecule has 0 saturated carbocycles. The zero-order chi connectivity index (χ0) is 72.0. The number of unbranched alkanes of at least 4 members (excludes halogenated alkanes) is 34. The largest absolute Gasteiger partial charge is 0.371 e. The fourth-order valence-corrected chi connectivity index (χ4v) is 14.7. The number of nitrogens with zero attached hydrogens (tertiary/aromatic N) is 3. The summed E-state index contributed by atoms with van der Waals surface area (Å²) < 4.78 is 53.2. The molecule has 2 heterocycles. The van der Waals surface area contributed by atoms with Gasteiger partial charge >= 0.3 is 0 Å². The van der Waals surface area contributed by atoms with E-state index in [9.17, 15) is 0 Å². The lowest BCUT2D eigenvalue weighted by molar-refractivity contribution is -0.327. The number of nitrogens with one attached hydrogen (secondary N) is 1. The number of hydrogen-bond acceptors (Lipinski definition) is 10. The fraction of sp³-hybridized carbons (Fsp3) is 0.591. The van der Waals surface area contributed by atoms with Crippen LogP contribution >= 0.6 is 0 Å². The summed E-state index contributed by atoms with van der Waals surface area (Å²) in [6, 6.07) is 62.2. The second kappa shape index (κ2) is 54.7. The van der Waals surface area contributed by atoms with Crippen LogP contribution in [-0.4, -0.2) is 77.1 Å². The van der Waals surface area contributed by atoms with Gasteiger partial charge < -0.3 is 38.5 Å². The Hall–Kier alpha value is -5.86. The molecule has 0 spiro atoms. The van der Waals surface area contributed by atoms with E-state index in [2.05, 4.69) is 158 Å². The molecule has 104 heavy (non-hydrogen) atoms. The van der Waals surface area contributed by atoms with E-state index in [1.54, 1.807) is 0 Å². The SMILES string of the molecule is CCCCCCCCCCCCCCCCCCCCCCCCCCN[C@@H](CO[C@H]1O[C@H](Cn2cc(-c3ccccc3)nn2)[C@H](OCc2ccccc2)[C@H](OCc2ccccc2)[C@H]1OCc1ccccc1)[C@H](OCc1ccccc1)[C@@H](CCCCCCCCCCCCCC)OCc1ccccc1. The van der Waals surface area contributed by atoms with Crippen molar-refractivity contribution in [2.24, 2.45) is 0 Å². The van der Waals surface area contributed by atoms with Crippen molar-refractivity contribution >= 4 is 0 Å². The van der Waals surface area contributed by atoms with Gasteiger partial charge in [0.25, 0.3) is 0 Å². The maximum Gasteiger partial charge on any atom is 0.186 e. The van der Waals surface area contributed by atoms with Crippen LogP contribution in [-0.2, 0) is 72.7 Å². The number of ether oxygens (including phenoxy) is 7. The molecule has 0 unspecified atom stereocenters. The molecule has 8 atom stereocenters. The summed E-state index contributed by atoms with van der Waals surface area (Å²) in [7, 11) is 0. The van der Waals surface area contributed by atoms with Crippen molar-refractivity contribution in [3.63, 3.8) is 0 Å². The summed E-state index contributed by atoms with van der Waals surface area (Å²) in [5.74, 6) is 0. The van der Waals surface area contributed by atoms with Crippen molar-refractivity contribution in [2.75, 3.05) is 13.2 Å². The molecule has 11 nitrogen and oxygen atoms in total. The van der Waals surface area contributed by atoms with Gasteiger partial charge in [-0.05, 0) is 47.2 Å². The van der Waals surface area contributed by atoms with Crippen molar-refractivity contribution in [2.45, 2.75) is 340 Å². The Morgan fingerprint density at radius 3 is 1.12 bits per heavy atom. The minimum atomic E-state index is -0.915. The molecular formula is C93H136N4O7. The molecule has 1 saturated heterocycles. The first-order valence-electron chi connectivity index (χ1n) is 41.9. The maximum absolute atomic E-state index is 7.53. The first-order valence-corrected chi connectivity index (χ1v) is 41.9. The first kappa shape index (κ1) is 83.8. The van der Waals surface area contributed by atoms with E-state index < -0.39 is 36.8 Å². The maximum atomic E-state index is 7.53. The Kier molecular flexibility index (Phi) is 44.0. The van der Waals surface area contributed by atoms with Crippen molar-refractivity contribution in [1.82, 2.24) is 20.3 Å². The number of benzene rings is 6. The quantitative estimate of drug-likeness (QED) is 0.0370. The number of rotatable bonds is 62. The van der Waals surface area contributed by atoms with E-state index >= 15 is 0 Å². The third kappa shape index (κ3) is 34.8. The summed E-state index contributed by atoms with van der Waals surface area (Å²) in [6.45, 7) is 7.82. The molecule has 8 rings (SSSR count). The van der Waals surface area contributed by atoms with E-state index in [4.69, 9.17) is 38.4 Å². The van der Waals surface area contributed by atoms with Gasteiger partial charge in [-0.2, -0.15) is 0 Å². The van der Waals surface area contributed by atoms with E-state index in [1.165, 1.54) is 205 Å². The smallest absolute Gasteiger partial charge is 0.186 e. The van der Waals surface area contributed by atoms with Gasteiger partial charge in [-0.25, -0.2) is 4.68 Å². The van der Waals surface area contributed by atoms with Crippen LogP contribution in [0.15, 0.2) is 188 Å². The Bertz CT molecular complexity index is 3090. The van der Waals surface area contributed by atoms with Gasteiger partial charge in [-0.3, -0.25) is 0 Å². The highest BCUT2D eigenvalue weighted by Gasteiger charge is 2.50. The number of hydrogen-bond donors (Lipinski definition) is 1. The standard InChI is InChI=1S/C93H136N4O7/c1-3-5-7-9-11-13-15-17-18-19-20-21-22-23-24-25-26-27-28-30-32-34-36-56-70-94-86(89(99-74-80-59-45-38-46-60-80)87(98-73-79-57-43-37-44-58-79)69-55-35-33-31-29-16-14-12-10-8-6-4-2)78-103-93-92(102-77-83-65-51-41-52-66-83)91(101-76-82-63-49-40-50-64-82)90(100-75-81-61-47-39-48-62-81)88(104-93)72-97-71-85(95-96-97)84-67-53-42-54-68-84/h37-54,57-68,71,86-94H,3-36,55-56,69-70,72-78H2,1-2H3/t86-,87+,88+,89-,90-,91-,92+,93-/m0/s1. The molecule has 1 aliphatic heterocycles. The van der Waals surface area contributed by atoms with Gasteiger partial charge in [0.2, 0.25) is 0 Å². The van der Waals surface area contributed by atoms with Crippen LogP contribution in [0, 0.1) is 0 Å². The molecule has 11 heteroatoms.